The Kier molecular flexibility index (Phi) is 7.44. The number of rotatable bonds is 8. The molecule has 10 heteroatoms. The third-order valence-corrected chi connectivity index (χ3v) is 6.55. The molecule has 0 saturated carbocycles. The van der Waals surface area contributed by atoms with Crippen molar-refractivity contribution in [2.45, 2.75) is 33.2 Å². The number of benzene rings is 2. The van der Waals surface area contributed by atoms with Crippen molar-refractivity contribution in [3.05, 3.63) is 101 Å². The van der Waals surface area contributed by atoms with Crippen LogP contribution >= 0.6 is 11.3 Å². The smallest absolute Gasteiger partial charge is 0.338 e. The van der Waals surface area contributed by atoms with Gasteiger partial charge in [-0.05, 0) is 49.6 Å². The Bertz CT molecular complexity index is 1520. The SMILES string of the molecule is CCCOc1ccc(C2C(C(=O)OCC)=C(C)N=c3sc(=Cc4cccc([N+](=O)[O-])c4)c(=O)n32)cc1. The number of carbonyl (C=O) groups is 1. The molecule has 4 rings (SSSR count). The second kappa shape index (κ2) is 10.7. The molecule has 0 radical (unpaired) electrons. The molecule has 3 aromatic rings. The second-order valence-electron chi connectivity index (χ2n) is 8.07. The lowest BCUT2D eigenvalue weighted by Gasteiger charge is -2.24. The number of ether oxygens (including phenoxy) is 2. The Hall–Kier alpha value is -4.05. The zero-order valence-corrected chi connectivity index (χ0v) is 20.9. The van der Waals surface area contributed by atoms with Crippen LogP contribution in [0.3, 0.4) is 0 Å². The number of hydrogen-bond donors (Lipinski definition) is 0. The summed E-state index contributed by atoms with van der Waals surface area (Å²) >= 11 is 1.16. The predicted molar refractivity (Wildman–Crippen MR) is 136 cm³/mol. The van der Waals surface area contributed by atoms with Crippen LogP contribution in [-0.2, 0) is 9.53 Å². The minimum atomic E-state index is -0.743. The van der Waals surface area contributed by atoms with E-state index in [1.165, 1.54) is 16.7 Å². The van der Waals surface area contributed by atoms with Crippen LogP contribution in [0.5, 0.6) is 5.75 Å². The van der Waals surface area contributed by atoms with E-state index in [2.05, 4.69) is 4.99 Å². The number of nitrogens with zero attached hydrogens (tertiary/aromatic N) is 3. The van der Waals surface area contributed by atoms with Crippen molar-refractivity contribution in [1.29, 1.82) is 0 Å². The highest BCUT2D eigenvalue weighted by molar-refractivity contribution is 7.07. The average molecular weight is 508 g/mol. The van der Waals surface area contributed by atoms with E-state index in [1.807, 2.05) is 31.2 Å². The van der Waals surface area contributed by atoms with Crippen LogP contribution in [0.4, 0.5) is 5.69 Å². The highest BCUT2D eigenvalue weighted by atomic mass is 32.1. The van der Waals surface area contributed by atoms with Crippen LogP contribution in [0, 0.1) is 10.1 Å². The molecule has 0 bridgehead atoms. The number of thiazole rings is 1. The topological polar surface area (TPSA) is 113 Å². The summed E-state index contributed by atoms with van der Waals surface area (Å²) in [7, 11) is 0. The molecule has 36 heavy (non-hydrogen) atoms. The highest BCUT2D eigenvalue weighted by Gasteiger charge is 2.33. The molecule has 1 aliphatic rings. The molecule has 0 saturated heterocycles. The minimum Gasteiger partial charge on any atom is -0.494 e. The van der Waals surface area contributed by atoms with E-state index in [0.717, 1.165) is 17.8 Å². The fraction of sp³-hybridized carbons (Fsp3) is 0.269. The summed E-state index contributed by atoms with van der Waals surface area (Å²) in [6.45, 7) is 6.22. The van der Waals surface area contributed by atoms with E-state index in [9.17, 15) is 19.7 Å². The summed E-state index contributed by atoms with van der Waals surface area (Å²) in [5, 5.41) is 11.2. The third-order valence-electron chi connectivity index (χ3n) is 5.56. The highest BCUT2D eigenvalue weighted by Crippen LogP contribution is 2.31. The van der Waals surface area contributed by atoms with Crippen molar-refractivity contribution in [3.8, 4) is 5.75 Å². The standard InChI is InChI=1S/C26H25N3O6S/c1-4-13-35-20-11-9-18(10-12-20)23-22(25(31)34-5-2)16(3)27-26-28(23)24(30)21(36-26)15-17-7-6-8-19(14-17)29(32)33/h6-12,14-15,23H,4-5,13H2,1-3H3. The van der Waals surface area contributed by atoms with E-state index < -0.39 is 16.9 Å². The van der Waals surface area contributed by atoms with Gasteiger partial charge in [0, 0.05) is 12.1 Å². The maximum absolute atomic E-state index is 13.6. The number of fused-ring (bicyclic) bond motifs is 1. The van der Waals surface area contributed by atoms with Crippen molar-refractivity contribution in [2.24, 2.45) is 4.99 Å². The molecule has 2 heterocycles. The Morgan fingerprint density at radius 2 is 1.97 bits per heavy atom. The molecule has 1 aromatic heterocycles. The number of hydrogen-bond acceptors (Lipinski definition) is 8. The number of nitro groups is 1. The molecule has 0 fully saturated rings. The summed E-state index contributed by atoms with van der Waals surface area (Å²) < 4.78 is 12.8. The van der Waals surface area contributed by atoms with Gasteiger partial charge in [0.15, 0.2) is 4.80 Å². The fourth-order valence-electron chi connectivity index (χ4n) is 3.95. The molecule has 0 aliphatic carbocycles. The van der Waals surface area contributed by atoms with Crippen molar-refractivity contribution in [1.82, 2.24) is 4.57 Å². The molecule has 186 valence electrons. The van der Waals surface area contributed by atoms with Crippen molar-refractivity contribution in [2.75, 3.05) is 13.2 Å². The zero-order valence-electron chi connectivity index (χ0n) is 20.1. The van der Waals surface area contributed by atoms with Gasteiger partial charge in [-0.15, -0.1) is 0 Å². The molecule has 1 aliphatic heterocycles. The molecule has 9 nitrogen and oxygen atoms in total. The second-order valence-corrected chi connectivity index (χ2v) is 9.08. The van der Waals surface area contributed by atoms with Crippen LogP contribution in [0.15, 0.2) is 69.6 Å². The first-order valence-electron chi connectivity index (χ1n) is 11.5. The lowest BCUT2D eigenvalue weighted by molar-refractivity contribution is -0.384. The monoisotopic (exact) mass is 507 g/mol. The zero-order chi connectivity index (χ0) is 25.8. The number of non-ortho nitro benzene ring substituents is 1. The van der Waals surface area contributed by atoms with Gasteiger partial charge in [-0.25, -0.2) is 9.79 Å². The molecular weight excluding hydrogens is 482 g/mol. The fourth-order valence-corrected chi connectivity index (χ4v) is 5.00. The van der Waals surface area contributed by atoms with E-state index >= 15 is 0 Å². The molecule has 0 spiro atoms. The molecule has 1 atom stereocenters. The van der Waals surface area contributed by atoms with Crippen LogP contribution in [0.1, 0.15) is 44.4 Å². The molecular formula is C26H25N3O6S. The number of allylic oxidation sites excluding steroid dienone is 1. The summed E-state index contributed by atoms with van der Waals surface area (Å²) in [5.74, 6) is 0.153. The normalized spacial score (nSPS) is 15.3. The summed E-state index contributed by atoms with van der Waals surface area (Å²) in [4.78, 5) is 42.2. The van der Waals surface area contributed by atoms with Gasteiger partial charge >= 0.3 is 5.97 Å². The first-order valence-corrected chi connectivity index (χ1v) is 12.3. The van der Waals surface area contributed by atoms with E-state index in [4.69, 9.17) is 9.47 Å². The lowest BCUT2D eigenvalue weighted by atomic mass is 9.96. The van der Waals surface area contributed by atoms with Gasteiger partial charge in [0.05, 0.1) is 40.0 Å². The van der Waals surface area contributed by atoms with E-state index in [0.29, 0.717) is 38.5 Å². The Balaban J connectivity index is 1.88. The number of carbonyl (C=O) groups excluding carboxylic acids is 1. The number of nitro benzene ring substituents is 1. The van der Waals surface area contributed by atoms with Crippen molar-refractivity contribution in [3.63, 3.8) is 0 Å². The summed E-state index contributed by atoms with van der Waals surface area (Å²) in [5.41, 5.74) is 1.56. The van der Waals surface area contributed by atoms with Crippen molar-refractivity contribution >= 4 is 29.1 Å². The number of aromatic nitrogens is 1. The first kappa shape index (κ1) is 25.1. The van der Waals surface area contributed by atoms with Crippen LogP contribution in [-0.4, -0.2) is 28.7 Å². The predicted octanol–water partition coefficient (Wildman–Crippen LogP) is 3.50. The summed E-state index contributed by atoms with van der Waals surface area (Å²) in [6.07, 6.45) is 2.47. The largest absolute Gasteiger partial charge is 0.494 e. The Morgan fingerprint density at radius 1 is 1.22 bits per heavy atom. The van der Waals surface area contributed by atoms with E-state index in [-0.39, 0.29) is 23.4 Å². The van der Waals surface area contributed by atoms with Crippen LogP contribution < -0.4 is 19.6 Å². The van der Waals surface area contributed by atoms with Gasteiger partial charge in [-0.1, -0.05) is 42.5 Å². The van der Waals surface area contributed by atoms with Gasteiger partial charge in [0.25, 0.3) is 11.2 Å². The minimum absolute atomic E-state index is 0.0692. The van der Waals surface area contributed by atoms with Gasteiger partial charge in [0.1, 0.15) is 5.75 Å². The summed E-state index contributed by atoms with van der Waals surface area (Å²) in [6, 6.07) is 12.6. The van der Waals surface area contributed by atoms with E-state index in [1.54, 1.807) is 32.1 Å². The lowest BCUT2D eigenvalue weighted by Crippen LogP contribution is -2.39. The maximum Gasteiger partial charge on any atom is 0.338 e. The number of esters is 1. The quantitative estimate of drug-likeness (QED) is 0.262. The van der Waals surface area contributed by atoms with Gasteiger partial charge < -0.3 is 9.47 Å². The van der Waals surface area contributed by atoms with Gasteiger partial charge in [-0.2, -0.15) is 0 Å². The van der Waals surface area contributed by atoms with Crippen LogP contribution in [0.25, 0.3) is 6.08 Å². The van der Waals surface area contributed by atoms with Gasteiger partial charge in [0.2, 0.25) is 0 Å². The molecule has 0 N–H and O–H groups in total. The molecule has 0 amide bonds. The Morgan fingerprint density at radius 3 is 2.64 bits per heavy atom. The Labute approximate surface area is 210 Å². The van der Waals surface area contributed by atoms with Gasteiger partial charge in [-0.3, -0.25) is 19.5 Å². The molecule has 2 aromatic carbocycles. The third kappa shape index (κ3) is 4.99. The first-order chi connectivity index (χ1) is 17.3. The molecule has 1 unspecified atom stereocenters. The maximum atomic E-state index is 13.6. The van der Waals surface area contributed by atoms with Crippen molar-refractivity contribution < 1.29 is 19.2 Å². The average Bonchev–Trinajstić information content (AvgIpc) is 3.16. The van der Waals surface area contributed by atoms with Crippen LogP contribution in [0.2, 0.25) is 0 Å².